The number of carbonyl (C=O) groups excluding carboxylic acids is 1. The minimum Gasteiger partial charge on any atom is -0.324 e. The van der Waals surface area contributed by atoms with Crippen molar-refractivity contribution in [1.82, 2.24) is 0 Å². The maximum atomic E-state index is 13.1. The zero-order chi connectivity index (χ0) is 20.1. The van der Waals surface area contributed by atoms with Crippen LogP contribution >= 0.6 is 0 Å². The summed E-state index contributed by atoms with van der Waals surface area (Å²) in [5, 5.41) is 4.35. The molecule has 0 aromatic heterocycles. The number of hydrogen-bond donors (Lipinski definition) is 1. The highest BCUT2D eigenvalue weighted by Crippen LogP contribution is 2.43. The largest absolute Gasteiger partial charge is 0.324 e. The Labute approximate surface area is 165 Å². The van der Waals surface area contributed by atoms with Crippen molar-refractivity contribution in [2.75, 3.05) is 9.62 Å². The number of benzene rings is 3. The molecule has 1 heterocycles. The average Bonchev–Trinajstić information content (AvgIpc) is 2.90. The molecule has 1 aliphatic rings. The molecule has 3 aromatic rings. The zero-order valence-electron chi connectivity index (χ0n) is 16.0. The Morgan fingerprint density at radius 3 is 2.21 bits per heavy atom. The highest BCUT2D eigenvalue weighted by atomic mass is 32.2. The topological polar surface area (TPSA) is 66.5 Å². The summed E-state index contributed by atoms with van der Waals surface area (Å²) in [5.41, 5.74) is 2.37. The second kappa shape index (κ2) is 6.63. The number of hydrogen-bond acceptors (Lipinski definition) is 3. The van der Waals surface area contributed by atoms with E-state index in [1.165, 1.54) is 9.87 Å². The molecule has 0 aliphatic carbocycles. The van der Waals surface area contributed by atoms with E-state index in [9.17, 15) is 13.2 Å². The minimum atomic E-state index is -3.78. The van der Waals surface area contributed by atoms with Gasteiger partial charge in [-0.1, -0.05) is 50.2 Å². The lowest BCUT2D eigenvalue weighted by Crippen LogP contribution is -2.43. The summed E-state index contributed by atoms with van der Waals surface area (Å²) in [6, 6.07) is 17.4. The molecule has 0 spiro atoms. The van der Waals surface area contributed by atoms with Gasteiger partial charge < -0.3 is 5.32 Å². The van der Waals surface area contributed by atoms with E-state index in [-0.39, 0.29) is 10.8 Å². The number of anilines is 2. The predicted molar refractivity (Wildman–Crippen MR) is 112 cm³/mol. The maximum absolute atomic E-state index is 13.1. The molecule has 1 atom stereocenters. The Bertz CT molecular complexity index is 1160. The van der Waals surface area contributed by atoms with Crippen molar-refractivity contribution in [2.24, 2.45) is 0 Å². The predicted octanol–water partition coefficient (Wildman–Crippen LogP) is 4.50. The summed E-state index contributed by atoms with van der Waals surface area (Å²) in [4.78, 5) is 13.1. The number of amides is 1. The molecule has 0 radical (unpaired) electrons. The molecule has 0 saturated carbocycles. The van der Waals surface area contributed by atoms with Gasteiger partial charge in [0, 0.05) is 11.1 Å². The molecule has 28 heavy (non-hydrogen) atoms. The highest BCUT2D eigenvalue weighted by molar-refractivity contribution is 7.93. The normalized spacial score (nSPS) is 15.8. The summed E-state index contributed by atoms with van der Waals surface area (Å²) >= 11 is 0. The quantitative estimate of drug-likeness (QED) is 0.708. The molecule has 144 valence electrons. The van der Waals surface area contributed by atoms with Gasteiger partial charge in [0.15, 0.2) is 0 Å². The monoisotopic (exact) mass is 394 g/mol. The van der Waals surface area contributed by atoms with Gasteiger partial charge in [-0.3, -0.25) is 9.10 Å². The first-order valence-electron chi connectivity index (χ1n) is 9.27. The van der Waals surface area contributed by atoms with Crippen LogP contribution in [0.25, 0.3) is 10.8 Å². The molecule has 6 heteroatoms. The van der Waals surface area contributed by atoms with Crippen LogP contribution in [0.5, 0.6) is 0 Å². The van der Waals surface area contributed by atoms with Gasteiger partial charge in [0.2, 0.25) is 5.91 Å². The van der Waals surface area contributed by atoms with E-state index in [1.807, 2.05) is 42.5 Å². The van der Waals surface area contributed by atoms with E-state index in [2.05, 4.69) is 19.2 Å². The van der Waals surface area contributed by atoms with Crippen LogP contribution in [-0.2, 0) is 14.8 Å². The molecule has 1 aliphatic heterocycles. The van der Waals surface area contributed by atoms with E-state index in [0.717, 1.165) is 5.39 Å². The average molecular weight is 394 g/mol. The maximum Gasteiger partial charge on any atom is 0.265 e. The standard InChI is InChI=1S/C22H22N2O3S/c1-14(2)16-10-12-18(13-11-16)23-22(25)15(3)24-19-8-4-6-17-7-5-9-20(21(17)19)28(24,26)27/h4-15H,1-3H3,(H,23,25)/t15-/m0/s1. The summed E-state index contributed by atoms with van der Waals surface area (Å²) in [7, 11) is -3.78. The van der Waals surface area contributed by atoms with Gasteiger partial charge in [0.1, 0.15) is 6.04 Å². The summed E-state index contributed by atoms with van der Waals surface area (Å²) < 4.78 is 27.5. The molecule has 1 amide bonds. The molecule has 4 rings (SSSR count). The van der Waals surface area contributed by atoms with Crippen molar-refractivity contribution < 1.29 is 13.2 Å². The van der Waals surface area contributed by atoms with Crippen LogP contribution in [0.15, 0.2) is 65.6 Å². The van der Waals surface area contributed by atoms with Gasteiger partial charge in [-0.15, -0.1) is 0 Å². The van der Waals surface area contributed by atoms with Crippen molar-refractivity contribution >= 4 is 38.1 Å². The third-order valence-corrected chi connectivity index (χ3v) is 7.12. The third-order valence-electron chi connectivity index (χ3n) is 5.19. The fraction of sp³-hybridized carbons (Fsp3) is 0.227. The SMILES string of the molecule is CC(C)c1ccc(NC(=O)[C@H](C)N2c3cccc4cccc(c34)S2(=O)=O)cc1. The molecule has 0 bridgehead atoms. The Hall–Kier alpha value is -2.86. The number of rotatable bonds is 4. The Kier molecular flexibility index (Phi) is 4.38. The first-order valence-corrected chi connectivity index (χ1v) is 10.7. The van der Waals surface area contributed by atoms with E-state index >= 15 is 0 Å². The molecule has 5 nitrogen and oxygen atoms in total. The van der Waals surface area contributed by atoms with Crippen molar-refractivity contribution in [3.8, 4) is 0 Å². The fourth-order valence-electron chi connectivity index (χ4n) is 3.64. The van der Waals surface area contributed by atoms with Gasteiger partial charge in [0.25, 0.3) is 10.0 Å². The van der Waals surface area contributed by atoms with Crippen LogP contribution in [-0.4, -0.2) is 20.4 Å². The molecule has 3 aromatic carbocycles. The summed E-state index contributed by atoms with van der Waals surface area (Å²) in [5.74, 6) is 0.0306. The lowest BCUT2D eigenvalue weighted by Gasteiger charge is -2.25. The van der Waals surface area contributed by atoms with Gasteiger partial charge >= 0.3 is 0 Å². The number of nitrogens with zero attached hydrogens (tertiary/aromatic N) is 1. The number of nitrogens with one attached hydrogen (secondary N) is 1. The molecule has 0 unspecified atom stereocenters. The lowest BCUT2D eigenvalue weighted by molar-refractivity contribution is -0.116. The first kappa shape index (κ1) is 18.5. The van der Waals surface area contributed by atoms with Gasteiger partial charge in [0.05, 0.1) is 10.6 Å². The smallest absolute Gasteiger partial charge is 0.265 e. The zero-order valence-corrected chi connectivity index (χ0v) is 16.8. The van der Waals surface area contributed by atoms with Crippen LogP contribution in [0.2, 0.25) is 0 Å². The van der Waals surface area contributed by atoms with E-state index in [1.54, 1.807) is 25.1 Å². The van der Waals surface area contributed by atoms with E-state index < -0.39 is 16.1 Å². The molecule has 1 N–H and O–H groups in total. The van der Waals surface area contributed by atoms with E-state index in [4.69, 9.17) is 0 Å². The minimum absolute atomic E-state index is 0.251. The van der Waals surface area contributed by atoms with E-state index in [0.29, 0.717) is 22.7 Å². The van der Waals surface area contributed by atoms with Gasteiger partial charge in [-0.05, 0) is 48.1 Å². The molecular formula is C22H22N2O3S. The Balaban J connectivity index is 1.66. The Morgan fingerprint density at radius 2 is 1.57 bits per heavy atom. The highest BCUT2D eigenvalue weighted by Gasteiger charge is 2.40. The van der Waals surface area contributed by atoms with Crippen LogP contribution in [0.1, 0.15) is 32.3 Å². The Morgan fingerprint density at radius 1 is 0.929 bits per heavy atom. The van der Waals surface area contributed by atoms with Crippen molar-refractivity contribution in [2.45, 2.75) is 37.6 Å². The molecule has 0 fully saturated rings. The van der Waals surface area contributed by atoms with Crippen LogP contribution in [0.3, 0.4) is 0 Å². The summed E-state index contributed by atoms with van der Waals surface area (Å²) in [6.07, 6.45) is 0. The lowest BCUT2D eigenvalue weighted by atomic mass is 10.0. The third kappa shape index (κ3) is 2.85. The van der Waals surface area contributed by atoms with Crippen molar-refractivity contribution in [3.05, 3.63) is 66.2 Å². The number of carbonyl (C=O) groups is 1. The molecular weight excluding hydrogens is 372 g/mol. The fourth-order valence-corrected chi connectivity index (χ4v) is 5.51. The first-order chi connectivity index (χ1) is 13.3. The van der Waals surface area contributed by atoms with Crippen LogP contribution in [0, 0.1) is 0 Å². The second-order valence-electron chi connectivity index (χ2n) is 7.37. The van der Waals surface area contributed by atoms with Crippen molar-refractivity contribution in [3.63, 3.8) is 0 Å². The second-order valence-corrected chi connectivity index (χ2v) is 9.16. The van der Waals surface area contributed by atoms with Gasteiger partial charge in [-0.25, -0.2) is 8.42 Å². The van der Waals surface area contributed by atoms with Crippen molar-refractivity contribution in [1.29, 1.82) is 0 Å². The van der Waals surface area contributed by atoms with Crippen LogP contribution < -0.4 is 9.62 Å². The molecule has 0 saturated heterocycles. The van der Waals surface area contributed by atoms with Crippen LogP contribution in [0.4, 0.5) is 11.4 Å². The van der Waals surface area contributed by atoms with Gasteiger partial charge in [-0.2, -0.15) is 0 Å². The number of sulfonamides is 1. The summed E-state index contributed by atoms with van der Waals surface area (Å²) in [6.45, 7) is 5.82.